The van der Waals surface area contributed by atoms with Crippen molar-refractivity contribution < 1.29 is 9.90 Å². The molecule has 0 aliphatic rings. The van der Waals surface area contributed by atoms with E-state index in [1.807, 2.05) is 30.5 Å². The van der Waals surface area contributed by atoms with E-state index in [4.69, 9.17) is 10.8 Å². The van der Waals surface area contributed by atoms with Gasteiger partial charge in [-0.2, -0.15) is 0 Å². The summed E-state index contributed by atoms with van der Waals surface area (Å²) in [6.45, 7) is 2.93. The highest BCUT2D eigenvalue weighted by Crippen LogP contribution is 2.22. The molecule has 0 aliphatic heterocycles. The number of aryl methyl sites for hydroxylation is 1. The second-order valence-electron chi connectivity index (χ2n) is 4.11. The van der Waals surface area contributed by atoms with Crippen molar-refractivity contribution in [2.24, 2.45) is 5.73 Å². The number of nitrogens with two attached hydrogens (primary N) is 1. The monoisotopic (exact) mass is 232 g/mol. The summed E-state index contributed by atoms with van der Waals surface area (Å²) in [5, 5.41) is 9.94. The van der Waals surface area contributed by atoms with Gasteiger partial charge in [0.1, 0.15) is 6.04 Å². The molecule has 90 valence electrons. The normalized spacial score (nSPS) is 12.8. The summed E-state index contributed by atoms with van der Waals surface area (Å²) >= 11 is 0. The molecule has 0 amide bonds. The first-order valence-corrected chi connectivity index (χ1v) is 5.68. The Labute approximate surface area is 99.7 Å². The molecule has 0 aliphatic carbocycles. The third-order valence-electron chi connectivity index (χ3n) is 2.97. The van der Waals surface area contributed by atoms with Crippen molar-refractivity contribution in [3.8, 4) is 0 Å². The fourth-order valence-corrected chi connectivity index (χ4v) is 2.07. The second kappa shape index (κ2) is 4.59. The zero-order valence-electron chi connectivity index (χ0n) is 9.76. The van der Waals surface area contributed by atoms with Crippen LogP contribution in [0.25, 0.3) is 10.9 Å². The SMILES string of the molecule is CCn1cc(C[C@H](N)C(=O)O)c2ccccc21. The van der Waals surface area contributed by atoms with Crippen molar-refractivity contribution in [1.29, 1.82) is 0 Å². The molecule has 0 fully saturated rings. The maximum Gasteiger partial charge on any atom is 0.320 e. The first kappa shape index (κ1) is 11.7. The van der Waals surface area contributed by atoms with Gasteiger partial charge in [-0.25, -0.2) is 0 Å². The van der Waals surface area contributed by atoms with Crippen molar-refractivity contribution >= 4 is 16.9 Å². The number of aliphatic carboxylic acids is 1. The molecule has 0 bridgehead atoms. The summed E-state index contributed by atoms with van der Waals surface area (Å²) in [4.78, 5) is 10.8. The number of nitrogens with zero attached hydrogens (tertiary/aromatic N) is 1. The molecule has 4 nitrogen and oxygen atoms in total. The molecule has 0 radical (unpaired) electrons. The third kappa shape index (κ3) is 2.17. The van der Waals surface area contributed by atoms with Gasteiger partial charge in [0.25, 0.3) is 0 Å². The van der Waals surface area contributed by atoms with Crippen LogP contribution < -0.4 is 5.73 Å². The van der Waals surface area contributed by atoms with Crippen LogP contribution in [0.3, 0.4) is 0 Å². The van der Waals surface area contributed by atoms with Gasteiger partial charge in [-0.15, -0.1) is 0 Å². The van der Waals surface area contributed by atoms with Crippen molar-refractivity contribution in [2.45, 2.75) is 25.9 Å². The lowest BCUT2D eigenvalue weighted by atomic mass is 10.1. The second-order valence-corrected chi connectivity index (χ2v) is 4.11. The fourth-order valence-electron chi connectivity index (χ4n) is 2.07. The Morgan fingerprint density at radius 3 is 2.82 bits per heavy atom. The molecule has 1 atom stereocenters. The van der Waals surface area contributed by atoms with Gasteiger partial charge in [0.15, 0.2) is 0 Å². The van der Waals surface area contributed by atoms with E-state index < -0.39 is 12.0 Å². The molecule has 1 heterocycles. The Balaban J connectivity index is 2.44. The van der Waals surface area contributed by atoms with Gasteiger partial charge in [0, 0.05) is 30.1 Å². The summed E-state index contributed by atoms with van der Waals surface area (Å²) in [6.07, 6.45) is 2.36. The molecule has 0 spiro atoms. The van der Waals surface area contributed by atoms with Crippen LogP contribution in [-0.4, -0.2) is 21.7 Å². The van der Waals surface area contributed by atoms with Crippen molar-refractivity contribution in [2.75, 3.05) is 0 Å². The molecule has 3 N–H and O–H groups in total. The lowest BCUT2D eigenvalue weighted by Crippen LogP contribution is -2.32. The molecule has 17 heavy (non-hydrogen) atoms. The van der Waals surface area contributed by atoms with Gasteiger partial charge in [-0.3, -0.25) is 4.79 Å². The molecule has 1 aromatic heterocycles. The Bertz CT molecular complexity index is 545. The Morgan fingerprint density at radius 2 is 2.18 bits per heavy atom. The van der Waals surface area contributed by atoms with Crippen LogP contribution in [0.4, 0.5) is 0 Å². The average Bonchev–Trinajstić information content (AvgIpc) is 2.68. The van der Waals surface area contributed by atoms with Crippen molar-refractivity contribution in [1.82, 2.24) is 4.57 Å². The van der Waals surface area contributed by atoms with Crippen LogP contribution in [0.2, 0.25) is 0 Å². The Kier molecular flexibility index (Phi) is 3.15. The number of carboxylic acid groups (broad SMARTS) is 1. The molecule has 0 saturated carbocycles. The number of benzene rings is 1. The molecular weight excluding hydrogens is 216 g/mol. The highest BCUT2D eigenvalue weighted by atomic mass is 16.4. The van der Waals surface area contributed by atoms with E-state index in [1.54, 1.807) is 0 Å². The third-order valence-corrected chi connectivity index (χ3v) is 2.97. The number of hydrogen-bond donors (Lipinski definition) is 2. The molecule has 4 heteroatoms. The Hall–Kier alpha value is -1.81. The van der Waals surface area contributed by atoms with E-state index in [2.05, 4.69) is 11.5 Å². The minimum atomic E-state index is -0.960. The molecule has 1 aromatic carbocycles. The smallest absolute Gasteiger partial charge is 0.320 e. The quantitative estimate of drug-likeness (QED) is 0.841. The van der Waals surface area contributed by atoms with Crippen LogP contribution in [0, 0.1) is 0 Å². The van der Waals surface area contributed by atoms with Crippen molar-refractivity contribution in [3.05, 3.63) is 36.0 Å². The van der Waals surface area contributed by atoms with Crippen LogP contribution in [0.15, 0.2) is 30.5 Å². The van der Waals surface area contributed by atoms with Gasteiger partial charge in [0.05, 0.1) is 0 Å². The van der Waals surface area contributed by atoms with Gasteiger partial charge in [-0.1, -0.05) is 18.2 Å². The van der Waals surface area contributed by atoms with Gasteiger partial charge >= 0.3 is 5.97 Å². The number of carbonyl (C=O) groups is 1. The van der Waals surface area contributed by atoms with E-state index in [1.165, 1.54) is 0 Å². The average molecular weight is 232 g/mol. The molecular formula is C13H16N2O2. The summed E-state index contributed by atoms with van der Waals surface area (Å²) in [6, 6.07) is 7.14. The zero-order valence-corrected chi connectivity index (χ0v) is 9.76. The first-order valence-electron chi connectivity index (χ1n) is 5.68. The minimum absolute atomic E-state index is 0.364. The topological polar surface area (TPSA) is 68.2 Å². The number of hydrogen-bond acceptors (Lipinski definition) is 2. The number of aromatic nitrogens is 1. The van der Waals surface area contributed by atoms with Crippen molar-refractivity contribution in [3.63, 3.8) is 0 Å². The summed E-state index contributed by atoms with van der Waals surface area (Å²) in [5.41, 5.74) is 7.71. The van der Waals surface area contributed by atoms with Crippen LogP contribution in [0.1, 0.15) is 12.5 Å². The summed E-state index contributed by atoms with van der Waals surface area (Å²) in [5.74, 6) is -0.960. The van der Waals surface area contributed by atoms with Gasteiger partial charge in [0.2, 0.25) is 0 Å². The first-order chi connectivity index (χ1) is 8.13. The van der Waals surface area contributed by atoms with Gasteiger partial charge in [-0.05, 0) is 18.6 Å². The molecule has 0 unspecified atom stereocenters. The maximum absolute atomic E-state index is 10.8. The number of carboxylic acids is 1. The standard InChI is InChI=1S/C13H16N2O2/c1-2-15-8-9(7-11(14)13(16)17)10-5-3-4-6-12(10)15/h3-6,8,11H,2,7,14H2,1H3,(H,16,17)/t11-/m0/s1. The maximum atomic E-state index is 10.8. The molecule has 2 aromatic rings. The Morgan fingerprint density at radius 1 is 1.47 bits per heavy atom. The van der Waals surface area contributed by atoms with E-state index in [0.717, 1.165) is 23.0 Å². The highest BCUT2D eigenvalue weighted by molar-refractivity contribution is 5.85. The number of rotatable bonds is 4. The van der Waals surface area contributed by atoms with E-state index in [-0.39, 0.29) is 0 Å². The number of fused-ring (bicyclic) bond motifs is 1. The van der Waals surface area contributed by atoms with Crippen LogP contribution in [-0.2, 0) is 17.8 Å². The van der Waals surface area contributed by atoms with Crippen LogP contribution in [0.5, 0.6) is 0 Å². The number of para-hydroxylation sites is 1. The van der Waals surface area contributed by atoms with E-state index in [0.29, 0.717) is 6.42 Å². The fraction of sp³-hybridized carbons (Fsp3) is 0.308. The summed E-state index contributed by atoms with van der Waals surface area (Å²) < 4.78 is 2.11. The van der Waals surface area contributed by atoms with E-state index >= 15 is 0 Å². The highest BCUT2D eigenvalue weighted by Gasteiger charge is 2.15. The largest absolute Gasteiger partial charge is 0.480 e. The minimum Gasteiger partial charge on any atom is -0.480 e. The molecule has 2 rings (SSSR count). The van der Waals surface area contributed by atoms with E-state index in [9.17, 15) is 4.79 Å². The predicted molar refractivity (Wildman–Crippen MR) is 66.9 cm³/mol. The van der Waals surface area contributed by atoms with Crippen LogP contribution >= 0.6 is 0 Å². The zero-order chi connectivity index (χ0) is 12.4. The van der Waals surface area contributed by atoms with Gasteiger partial charge < -0.3 is 15.4 Å². The lowest BCUT2D eigenvalue weighted by molar-refractivity contribution is -0.138. The lowest BCUT2D eigenvalue weighted by Gasteiger charge is -2.04. The predicted octanol–water partition coefficient (Wildman–Crippen LogP) is 1.62. The summed E-state index contributed by atoms with van der Waals surface area (Å²) in [7, 11) is 0. The molecule has 0 saturated heterocycles.